The minimum atomic E-state index is -0.447. The van der Waals surface area contributed by atoms with Gasteiger partial charge in [0, 0.05) is 11.8 Å². The van der Waals surface area contributed by atoms with Gasteiger partial charge in [0.05, 0.1) is 14.2 Å². The van der Waals surface area contributed by atoms with Gasteiger partial charge >= 0.3 is 0 Å². The quantitative estimate of drug-likeness (QED) is 0.566. The second kappa shape index (κ2) is 6.02. The maximum atomic E-state index is 13.3. The largest absolute Gasteiger partial charge is 0.494 e. The third kappa shape index (κ3) is 2.69. The van der Waals surface area contributed by atoms with Gasteiger partial charge in [-0.3, -0.25) is 0 Å². The fourth-order valence-corrected chi connectivity index (χ4v) is 1.63. The summed E-state index contributed by atoms with van der Waals surface area (Å²) in [6, 6.07) is 4.35. The van der Waals surface area contributed by atoms with Crippen LogP contribution in [0.15, 0.2) is 24.5 Å². The van der Waals surface area contributed by atoms with E-state index in [2.05, 4.69) is 20.7 Å². The summed E-state index contributed by atoms with van der Waals surface area (Å²) in [6.07, 6.45) is 1.32. The van der Waals surface area contributed by atoms with Crippen LogP contribution in [-0.4, -0.2) is 24.2 Å². The molecule has 2 rings (SSSR count). The van der Waals surface area contributed by atoms with E-state index in [0.29, 0.717) is 23.1 Å². The lowest BCUT2D eigenvalue weighted by molar-refractivity contribution is 0.387. The number of ether oxygens (including phenoxy) is 2. The molecule has 0 atom stereocenters. The highest BCUT2D eigenvalue weighted by Crippen LogP contribution is 2.31. The standard InChI is InChI=1S/C12H14FN5O2/c1-19-9-5-7(3-4-8(9)13)17-11-10(20-2)12(18-14)16-6-15-11/h3-6H,14H2,1-2H3,(H2,15,16,17,18). The number of rotatable bonds is 5. The monoisotopic (exact) mass is 279 g/mol. The van der Waals surface area contributed by atoms with Crippen LogP contribution in [0.25, 0.3) is 0 Å². The first-order valence-corrected chi connectivity index (χ1v) is 5.65. The van der Waals surface area contributed by atoms with Crippen LogP contribution >= 0.6 is 0 Å². The average Bonchev–Trinajstić information content (AvgIpc) is 2.48. The number of benzene rings is 1. The Labute approximate surface area is 114 Å². The van der Waals surface area contributed by atoms with Gasteiger partial charge in [0.25, 0.3) is 0 Å². The van der Waals surface area contributed by atoms with E-state index in [1.807, 2.05) is 0 Å². The minimum Gasteiger partial charge on any atom is -0.494 e. The van der Waals surface area contributed by atoms with Gasteiger partial charge in [-0.05, 0) is 12.1 Å². The maximum Gasteiger partial charge on any atom is 0.205 e. The molecule has 0 aliphatic heterocycles. The minimum absolute atomic E-state index is 0.125. The summed E-state index contributed by atoms with van der Waals surface area (Å²) in [5, 5.41) is 2.98. The first kappa shape index (κ1) is 13.8. The molecule has 8 heteroatoms. The molecule has 0 aliphatic rings. The molecule has 0 spiro atoms. The molecule has 0 saturated heterocycles. The number of anilines is 3. The first-order valence-electron chi connectivity index (χ1n) is 5.65. The summed E-state index contributed by atoms with van der Waals surface area (Å²) >= 11 is 0. The van der Waals surface area contributed by atoms with Gasteiger partial charge in [-0.2, -0.15) is 0 Å². The summed E-state index contributed by atoms with van der Waals surface area (Å²) < 4.78 is 23.4. The van der Waals surface area contributed by atoms with Crippen molar-refractivity contribution >= 4 is 17.3 Å². The van der Waals surface area contributed by atoms with Crippen molar-refractivity contribution in [2.75, 3.05) is 25.0 Å². The Morgan fingerprint density at radius 3 is 2.55 bits per heavy atom. The lowest BCUT2D eigenvalue weighted by Gasteiger charge is -2.13. The van der Waals surface area contributed by atoms with E-state index in [-0.39, 0.29) is 5.75 Å². The van der Waals surface area contributed by atoms with Crippen molar-refractivity contribution in [3.05, 3.63) is 30.3 Å². The molecule has 0 aliphatic carbocycles. The number of hydrazine groups is 1. The number of nitrogens with one attached hydrogen (secondary N) is 2. The number of nitrogens with zero attached hydrogens (tertiary/aromatic N) is 2. The van der Waals surface area contributed by atoms with Gasteiger partial charge in [0.15, 0.2) is 23.2 Å². The first-order chi connectivity index (χ1) is 9.69. The van der Waals surface area contributed by atoms with Crippen LogP contribution in [-0.2, 0) is 0 Å². The van der Waals surface area contributed by atoms with E-state index >= 15 is 0 Å². The van der Waals surface area contributed by atoms with Crippen molar-refractivity contribution < 1.29 is 13.9 Å². The average molecular weight is 279 g/mol. The predicted octanol–water partition coefficient (Wildman–Crippen LogP) is 1.66. The van der Waals surface area contributed by atoms with Crippen molar-refractivity contribution in [3.63, 3.8) is 0 Å². The summed E-state index contributed by atoms with van der Waals surface area (Å²) in [5.74, 6) is 6.09. The molecule has 0 fully saturated rings. The Morgan fingerprint density at radius 2 is 1.90 bits per heavy atom. The molecule has 2 aromatic rings. The van der Waals surface area contributed by atoms with Crippen LogP contribution in [0.4, 0.5) is 21.7 Å². The fourth-order valence-electron chi connectivity index (χ4n) is 1.63. The number of hydrogen-bond donors (Lipinski definition) is 3. The summed E-state index contributed by atoms with van der Waals surface area (Å²) in [7, 11) is 2.86. The third-order valence-corrected chi connectivity index (χ3v) is 2.56. The molecule has 0 amide bonds. The zero-order valence-electron chi connectivity index (χ0n) is 11.0. The smallest absolute Gasteiger partial charge is 0.205 e. The summed E-state index contributed by atoms with van der Waals surface area (Å²) in [6.45, 7) is 0. The SMILES string of the molecule is COc1cc(Nc2ncnc(NN)c2OC)ccc1F. The zero-order valence-corrected chi connectivity index (χ0v) is 11.0. The molecule has 4 N–H and O–H groups in total. The van der Waals surface area contributed by atoms with E-state index in [1.165, 1.54) is 32.7 Å². The van der Waals surface area contributed by atoms with E-state index in [9.17, 15) is 4.39 Å². The van der Waals surface area contributed by atoms with E-state index in [0.717, 1.165) is 0 Å². The van der Waals surface area contributed by atoms with Gasteiger partial charge < -0.3 is 20.2 Å². The highest BCUT2D eigenvalue weighted by atomic mass is 19.1. The van der Waals surface area contributed by atoms with Crippen LogP contribution in [0.3, 0.4) is 0 Å². The number of methoxy groups -OCH3 is 2. The van der Waals surface area contributed by atoms with Gasteiger partial charge in [-0.15, -0.1) is 0 Å². The molecule has 1 heterocycles. The Balaban J connectivity index is 2.34. The van der Waals surface area contributed by atoms with Crippen LogP contribution in [0.2, 0.25) is 0 Å². The second-order valence-corrected chi connectivity index (χ2v) is 3.72. The van der Waals surface area contributed by atoms with Gasteiger partial charge in [-0.25, -0.2) is 20.2 Å². The van der Waals surface area contributed by atoms with Crippen LogP contribution in [0.1, 0.15) is 0 Å². The van der Waals surface area contributed by atoms with Crippen molar-refractivity contribution in [2.45, 2.75) is 0 Å². The Kier molecular flexibility index (Phi) is 4.16. The van der Waals surface area contributed by atoms with Gasteiger partial charge in [0.2, 0.25) is 5.75 Å². The van der Waals surface area contributed by atoms with Gasteiger partial charge in [-0.1, -0.05) is 0 Å². The van der Waals surface area contributed by atoms with E-state index in [4.69, 9.17) is 15.3 Å². The Morgan fingerprint density at radius 1 is 1.15 bits per heavy atom. The molecular formula is C12H14FN5O2. The Hall–Kier alpha value is -2.61. The normalized spacial score (nSPS) is 10.0. The van der Waals surface area contributed by atoms with Crippen molar-refractivity contribution in [1.29, 1.82) is 0 Å². The molecular weight excluding hydrogens is 265 g/mol. The molecule has 0 saturated carbocycles. The lowest BCUT2D eigenvalue weighted by atomic mass is 10.3. The number of halogens is 1. The van der Waals surface area contributed by atoms with Crippen LogP contribution in [0.5, 0.6) is 11.5 Å². The number of aromatic nitrogens is 2. The van der Waals surface area contributed by atoms with Crippen molar-refractivity contribution in [2.24, 2.45) is 5.84 Å². The molecule has 0 unspecified atom stereocenters. The molecule has 20 heavy (non-hydrogen) atoms. The molecule has 1 aromatic carbocycles. The van der Waals surface area contributed by atoms with Crippen LogP contribution < -0.4 is 26.1 Å². The van der Waals surface area contributed by atoms with Gasteiger partial charge in [0.1, 0.15) is 6.33 Å². The third-order valence-electron chi connectivity index (χ3n) is 2.56. The second-order valence-electron chi connectivity index (χ2n) is 3.72. The topological polar surface area (TPSA) is 94.3 Å². The molecule has 0 bridgehead atoms. The summed E-state index contributed by atoms with van der Waals surface area (Å²) in [4.78, 5) is 7.98. The maximum absolute atomic E-state index is 13.3. The molecule has 1 aromatic heterocycles. The lowest BCUT2D eigenvalue weighted by Crippen LogP contribution is -2.11. The van der Waals surface area contributed by atoms with E-state index in [1.54, 1.807) is 6.07 Å². The zero-order chi connectivity index (χ0) is 14.5. The van der Waals surface area contributed by atoms with Crippen LogP contribution in [0, 0.1) is 5.82 Å². The fraction of sp³-hybridized carbons (Fsp3) is 0.167. The molecule has 0 radical (unpaired) electrons. The van der Waals surface area contributed by atoms with E-state index < -0.39 is 5.82 Å². The number of nitrogens with two attached hydrogens (primary N) is 1. The van der Waals surface area contributed by atoms with Crippen molar-refractivity contribution in [1.82, 2.24) is 9.97 Å². The number of nitrogen functional groups attached to an aromatic ring is 1. The molecule has 106 valence electrons. The highest BCUT2D eigenvalue weighted by Gasteiger charge is 2.12. The highest BCUT2D eigenvalue weighted by molar-refractivity contribution is 5.69. The summed E-state index contributed by atoms with van der Waals surface area (Å²) in [5.41, 5.74) is 2.99. The Bertz CT molecular complexity index is 608. The molecule has 7 nitrogen and oxygen atoms in total. The van der Waals surface area contributed by atoms with Crippen molar-refractivity contribution in [3.8, 4) is 11.5 Å². The predicted molar refractivity (Wildman–Crippen MR) is 72.6 cm³/mol. The number of hydrogen-bond acceptors (Lipinski definition) is 7.